The van der Waals surface area contributed by atoms with E-state index >= 15 is 0 Å². The number of urea groups is 1. The Kier molecular flexibility index (Phi) is 3.93. The van der Waals surface area contributed by atoms with E-state index in [1.54, 1.807) is 4.90 Å². The van der Waals surface area contributed by atoms with Gasteiger partial charge in [0.15, 0.2) is 0 Å². The number of hydrogen-bond donors (Lipinski definition) is 2. The molecule has 19 heavy (non-hydrogen) atoms. The molecule has 108 valence electrons. The lowest BCUT2D eigenvalue weighted by Gasteiger charge is -2.24. The van der Waals surface area contributed by atoms with Gasteiger partial charge < -0.3 is 20.2 Å². The molecule has 2 amide bonds. The molecule has 2 saturated heterocycles. The third kappa shape index (κ3) is 3.03. The molecule has 5 nitrogen and oxygen atoms in total. The molecule has 0 spiro atoms. The van der Waals surface area contributed by atoms with E-state index in [9.17, 15) is 9.90 Å². The molecule has 3 rings (SSSR count). The first-order valence-corrected chi connectivity index (χ1v) is 7.67. The number of aliphatic hydroxyl groups excluding tert-OH is 1. The maximum Gasteiger partial charge on any atom is 0.317 e. The van der Waals surface area contributed by atoms with Crippen LogP contribution in [0.15, 0.2) is 0 Å². The summed E-state index contributed by atoms with van der Waals surface area (Å²) in [6.07, 6.45) is 5.89. The minimum absolute atomic E-state index is 0.0152. The van der Waals surface area contributed by atoms with E-state index in [1.165, 1.54) is 25.8 Å². The highest BCUT2D eigenvalue weighted by molar-refractivity contribution is 5.74. The van der Waals surface area contributed by atoms with E-state index in [2.05, 4.69) is 10.2 Å². The Morgan fingerprint density at radius 1 is 1.21 bits per heavy atom. The third-order valence-corrected chi connectivity index (χ3v) is 4.77. The van der Waals surface area contributed by atoms with Gasteiger partial charge in [-0.25, -0.2) is 4.79 Å². The summed E-state index contributed by atoms with van der Waals surface area (Å²) in [5, 5.41) is 12.3. The maximum atomic E-state index is 12.1. The Balaban J connectivity index is 1.40. The van der Waals surface area contributed by atoms with Crippen LogP contribution in [-0.4, -0.2) is 65.8 Å². The summed E-state index contributed by atoms with van der Waals surface area (Å²) in [6.45, 7) is 4.02. The monoisotopic (exact) mass is 267 g/mol. The second kappa shape index (κ2) is 5.67. The standard InChI is InChI=1S/C14H25N3O2/c18-10-13-2-1-6-17(13)14(19)15-8-11-5-7-16(9-11)12-3-4-12/h11-13,18H,1-10H2,(H,15,19). The van der Waals surface area contributed by atoms with Crippen LogP contribution in [0.4, 0.5) is 4.79 Å². The Labute approximate surface area is 114 Å². The first kappa shape index (κ1) is 13.2. The lowest BCUT2D eigenvalue weighted by molar-refractivity contribution is 0.156. The van der Waals surface area contributed by atoms with Crippen LogP contribution in [0.25, 0.3) is 0 Å². The first-order chi connectivity index (χ1) is 9.28. The van der Waals surface area contributed by atoms with Gasteiger partial charge in [-0.3, -0.25) is 0 Å². The zero-order valence-electron chi connectivity index (χ0n) is 11.6. The summed E-state index contributed by atoms with van der Waals surface area (Å²) >= 11 is 0. The van der Waals surface area contributed by atoms with Crippen molar-refractivity contribution in [2.24, 2.45) is 5.92 Å². The zero-order chi connectivity index (χ0) is 13.2. The Morgan fingerprint density at radius 3 is 2.79 bits per heavy atom. The van der Waals surface area contributed by atoms with E-state index < -0.39 is 0 Å². The molecular weight excluding hydrogens is 242 g/mol. The molecule has 0 aromatic heterocycles. The molecule has 3 aliphatic rings. The lowest BCUT2D eigenvalue weighted by Crippen LogP contribution is -2.45. The van der Waals surface area contributed by atoms with Crippen molar-refractivity contribution in [1.29, 1.82) is 0 Å². The summed E-state index contributed by atoms with van der Waals surface area (Å²) in [4.78, 5) is 16.5. The van der Waals surface area contributed by atoms with Crippen LogP contribution in [0.1, 0.15) is 32.1 Å². The van der Waals surface area contributed by atoms with Gasteiger partial charge in [0, 0.05) is 25.7 Å². The van der Waals surface area contributed by atoms with Crippen LogP contribution < -0.4 is 5.32 Å². The second-order valence-electron chi connectivity index (χ2n) is 6.24. The van der Waals surface area contributed by atoms with E-state index in [0.29, 0.717) is 5.92 Å². The molecule has 2 heterocycles. The molecule has 2 N–H and O–H groups in total. The number of rotatable bonds is 4. The highest BCUT2D eigenvalue weighted by Crippen LogP contribution is 2.31. The summed E-state index contributed by atoms with van der Waals surface area (Å²) < 4.78 is 0. The predicted molar refractivity (Wildman–Crippen MR) is 72.9 cm³/mol. The summed E-state index contributed by atoms with van der Waals surface area (Å²) in [5.74, 6) is 0.611. The third-order valence-electron chi connectivity index (χ3n) is 4.77. The number of aliphatic hydroxyl groups is 1. The van der Waals surface area contributed by atoms with Crippen molar-refractivity contribution >= 4 is 6.03 Å². The van der Waals surface area contributed by atoms with Gasteiger partial charge in [-0.2, -0.15) is 0 Å². The van der Waals surface area contributed by atoms with Crippen molar-refractivity contribution < 1.29 is 9.90 Å². The molecule has 0 bridgehead atoms. The molecule has 0 aromatic rings. The number of carbonyl (C=O) groups is 1. The van der Waals surface area contributed by atoms with Crippen molar-refractivity contribution in [3.05, 3.63) is 0 Å². The predicted octanol–water partition coefficient (Wildman–Crippen LogP) is 0.637. The van der Waals surface area contributed by atoms with Crippen LogP contribution in [-0.2, 0) is 0 Å². The molecule has 1 saturated carbocycles. The largest absolute Gasteiger partial charge is 0.394 e. The fraction of sp³-hybridized carbons (Fsp3) is 0.929. The highest BCUT2D eigenvalue weighted by atomic mass is 16.3. The van der Waals surface area contributed by atoms with Crippen LogP contribution in [0.3, 0.4) is 0 Å². The van der Waals surface area contributed by atoms with E-state index in [-0.39, 0.29) is 18.7 Å². The average Bonchev–Trinajstić information content (AvgIpc) is 2.99. The molecular formula is C14H25N3O2. The molecule has 1 aliphatic carbocycles. The van der Waals surface area contributed by atoms with Crippen molar-refractivity contribution in [3.63, 3.8) is 0 Å². The number of nitrogens with one attached hydrogen (secondary N) is 1. The van der Waals surface area contributed by atoms with E-state index in [1.807, 2.05) is 0 Å². The number of carbonyl (C=O) groups excluding carboxylic acids is 1. The molecule has 5 heteroatoms. The normalized spacial score (nSPS) is 31.9. The van der Waals surface area contributed by atoms with Gasteiger partial charge in [0.05, 0.1) is 12.6 Å². The number of nitrogens with zero attached hydrogens (tertiary/aromatic N) is 2. The molecule has 3 fully saturated rings. The van der Waals surface area contributed by atoms with Crippen molar-refractivity contribution in [3.8, 4) is 0 Å². The molecule has 2 unspecified atom stereocenters. The van der Waals surface area contributed by atoms with Crippen LogP contribution in [0.5, 0.6) is 0 Å². The number of likely N-dealkylation sites (tertiary alicyclic amines) is 2. The Bertz CT molecular complexity index is 333. The lowest BCUT2D eigenvalue weighted by atomic mass is 10.1. The topological polar surface area (TPSA) is 55.8 Å². The minimum Gasteiger partial charge on any atom is -0.394 e. The zero-order valence-corrected chi connectivity index (χ0v) is 11.6. The smallest absolute Gasteiger partial charge is 0.317 e. The maximum absolute atomic E-state index is 12.1. The van der Waals surface area contributed by atoms with Gasteiger partial charge in [-0.1, -0.05) is 0 Å². The minimum atomic E-state index is 0.0152. The van der Waals surface area contributed by atoms with E-state index in [4.69, 9.17) is 0 Å². The van der Waals surface area contributed by atoms with E-state index in [0.717, 1.165) is 38.5 Å². The fourth-order valence-corrected chi connectivity index (χ4v) is 3.43. The van der Waals surface area contributed by atoms with Crippen LogP contribution in [0, 0.1) is 5.92 Å². The van der Waals surface area contributed by atoms with Crippen molar-refractivity contribution in [2.45, 2.75) is 44.2 Å². The van der Waals surface area contributed by atoms with Gasteiger partial charge in [0.1, 0.15) is 0 Å². The highest BCUT2D eigenvalue weighted by Gasteiger charge is 2.35. The van der Waals surface area contributed by atoms with Crippen molar-refractivity contribution in [1.82, 2.24) is 15.1 Å². The van der Waals surface area contributed by atoms with Gasteiger partial charge in [-0.15, -0.1) is 0 Å². The SMILES string of the molecule is O=C(NCC1CCN(C2CC2)C1)N1CCCC1CO. The van der Waals surface area contributed by atoms with Crippen LogP contribution in [0.2, 0.25) is 0 Å². The molecule has 2 atom stereocenters. The molecule has 0 aromatic carbocycles. The van der Waals surface area contributed by atoms with Gasteiger partial charge in [0.25, 0.3) is 0 Å². The summed E-state index contributed by atoms with van der Waals surface area (Å²) in [7, 11) is 0. The van der Waals surface area contributed by atoms with Gasteiger partial charge in [-0.05, 0) is 44.6 Å². The fourth-order valence-electron chi connectivity index (χ4n) is 3.43. The Hall–Kier alpha value is -0.810. The number of hydrogen-bond acceptors (Lipinski definition) is 3. The summed E-state index contributed by atoms with van der Waals surface area (Å²) in [6, 6.07) is 0.894. The quantitative estimate of drug-likeness (QED) is 0.786. The molecule has 2 aliphatic heterocycles. The number of amides is 2. The Morgan fingerprint density at radius 2 is 2.05 bits per heavy atom. The van der Waals surface area contributed by atoms with Gasteiger partial charge >= 0.3 is 6.03 Å². The summed E-state index contributed by atoms with van der Waals surface area (Å²) in [5.41, 5.74) is 0. The average molecular weight is 267 g/mol. The van der Waals surface area contributed by atoms with Gasteiger partial charge in [0.2, 0.25) is 0 Å². The first-order valence-electron chi connectivity index (χ1n) is 7.67. The second-order valence-corrected chi connectivity index (χ2v) is 6.24. The molecule has 0 radical (unpaired) electrons. The van der Waals surface area contributed by atoms with Crippen LogP contribution >= 0.6 is 0 Å². The van der Waals surface area contributed by atoms with Crippen molar-refractivity contribution in [2.75, 3.05) is 32.8 Å².